The van der Waals surface area contributed by atoms with Crippen LogP contribution in [0.2, 0.25) is 0 Å². The predicted molar refractivity (Wildman–Crippen MR) is 123 cm³/mol. The van der Waals surface area contributed by atoms with E-state index in [1.807, 2.05) is 6.20 Å². The van der Waals surface area contributed by atoms with Crippen LogP contribution in [0.3, 0.4) is 0 Å². The number of ether oxygens (including phenoxy) is 1. The molecule has 1 aliphatic rings. The number of hydrogen-bond donors (Lipinski definition) is 1. The maximum atomic E-state index is 6.15. The lowest BCUT2D eigenvalue weighted by atomic mass is 10.1. The van der Waals surface area contributed by atoms with Gasteiger partial charge in [-0.1, -0.05) is 26.3 Å². The second kappa shape index (κ2) is 9.49. The van der Waals surface area contributed by atoms with Crippen molar-refractivity contribution in [1.82, 2.24) is 24.6 Å². The van der Waals surface area contributed by atoms with E-state index in [4.69, 9.17) is 15.5 Å². The second-order valence-electron chi connectivity index (χ2n) is 8.41. The van der Waals surface area contributed by atoms with Gasteiger partial charge in [0.25, 0.3) is 0 Å². The smallest absolute Gasteiger partial charge is 0.336 e. The van der Waals surface area contributed by atoms with Crippen molar-refractivity contribution in [2.45, 2.75) is 71.8 Å². The highest BCUT2D eigenvalue weighted by molar-refractivity contribution is 5.60. The fourth-order valence-corrected chi connectivity index (χ4v) is 4.28. The maximum absolute atomic E-state index is 6.15. The van der Waals surface area contributed by atoms with Gasteiger partial charge in [0.05, 0.1) is 11.9 Å². The highest BCUT2D eigenvalue weighted by Gasteiger charge is 2.17. The zero-order valence-corrected chi connectivity index (χ0v) is 18.8. The molecule has 8 heteroatoms. The quantitative estimate of drug-likeness (QED) is 0.586. The number of nitrogen functional groups attached to an aromatic ring is 1. The van der Waals surface area contributed by atoms with Gasteiger partial charge < -0.3 is 15.4 Å². The van der Waals surface area contributed by atoms with Gasteiger partial charge in [0.1, 0.15) is 11.9 Å². The van der Waals surface area contributed by atoms with Crippen molar-refractivity contribution in [2.75, 3.05) is 23.7 Å². The van der Waals surface area contributed by atoms with Gasteiger partial charge in [-0.05, 0) is 50.2 Å². The van der Waals surface area contributed by atoms with E-state index in [2.05, 4.69) is 46.8 Å². The molecule has 3 aromatic rings. The Bertz CT molecular complexity index is 1030. The summed E-state index contributed by atoms with van der Waals surface area (Å²) in [6.07, 6.45) is 11.2. The van der Waals surface area contributed by atoms with E-state index < -0.39 is 0 Å². The predicted octanol–water partition coefficient (Wildman–Crippen LogP) is 3.95. The van der Waals surface area contributed by atoms with Gasteiger partial charge in [0.2, 0.25) is 0 Å². The van der Waals surface area contributed by atoms with Crippen molar-refractivity contribution in [1.29, 1.82) is 0 Å². The Hall–Kier alpha value is -2.90. The normalized spacial score (nSPS) is 15.4. The number of pyridine rings is 1. The molecule has 0 bridgehead atoms. The van der Waals surface area contributed by atoms with Crippen LogP contribution in [0.25, 0.3) is 5.65 Å². The first-order valence-corrected chi connectivity index (χ1v) is 11.5. The zero-order chi connectivity index (χ0) is 21.8. The molecule has 1 saturated heterocycles. The van der Waals surface area contributed by atoms with Crippen LogP contribution in [-0.2, 0) is 6.42 Å². The largest absolute Gasteiger partial charge is 0.459 e. The number of fused-ring (bicyclic) bond motifs is 1. The third kappa shape index (κ3) is 4.73. The molecule has 4 heterocycles. The Morgan fingerprint density at radius 3 is 2.65 bits per heavy atom. The summed E-state index contributed by atoms with van der Waals surface area (Å²) in [5.41, 5.74) is 9.97. The van der Waals surface area contributed by atoms with E-state index in [-0.39, 0.29) is 6.10 Å². The van der Waals surface area contributed by atoms with Crippen LogP contribution >= 0.6 is 0 Å². The number of hydrogen-bond acceptors (Lipinski definition) is 7. The van der Waals surface area contributed by atoms with Crippen molar-refractivity contribution in [3.05, 3.63) is 35.3 Å². The van der Waals surface area contributed by atoms with Crippen LogP contribution in [0.1, 0.15) is 69.2 Å². The van der Waals surface area contributed by atoms with Crippen LogP contribution in [0.5, 0.6) is 6.01 Å². The van der Waals surface area contributed by atoms with Crippen molar-refractivity contribution < 1.29 is 4.74 Å². The fourth-order valence-electron chi connectivity index (χ4n) is 4.28. The summed E-state index contributed by atoms with van der Waals surface area (Å²) in [6.45, 7) is 8.57. The van der Waals surface area contributed by atoms with Crippen molar-refractivity contribution >= 4 is 17.3 Å². The number of aromatic nitrogens is 5. The van der Waals surface area contributed by atoms with Gasteiger partial charge in [-0.2, -0.15) is 4.98 Å². The van der Waals surface area contributed by atoms with E-state index in [1.54, 1.807) is 10.7 Å². The first kappa shape index (κ1) is 21.3. The minimum absolute atomic E-state index is 0.0861. The number of anilines is 2. The summed E-state index contributed by atoms with van der Waals surface area (Å²) in [7, 11) is 0. The van der Waals surface area contributed by atoms with Crippen LogP contribution in [0, 0.1) is 6.92 Å². The molecule has 2 N–H and O–H groups in total. The summed E-state index contributed by atoms with van der Waals surface area (Å²) >= 11 is 0. The van der Waals surface area contributed by atoms with E-state index >= 15 is 0 Å². The molecule has 31 heavy (non-hydrogen) atoms. The standard InChI is InChI=1S/C23H33N7O/c1-4-9-19(5-2)31-23-27-20(24)22-26-15-18(30(22)28-23)13-17-12-16(3)21(25-14-17)29-10-7-6-8-11-29/h12,14-15,19H,4-11,13H2,1-3H3,(H2,24,27,28)/t19-/m0/s1. The lowest BCUT2D eigenvalue weighted by Crippen LogP contribution is -2.30. The van der Waals surface area contributed by atoms with E-state index in [0.29, 0.717) is 23.9 Å². The first-order chi connectivity index (χ1) is 15.1. The molecule has 8 nitrogen and oxygen atoms in total. The zero-order valence-electron chi connectivity index (χ0n) is 18.8. The van der Waals surface area contributed by atoms with E-state index in [0.717, 1.165) is 49.4 Å². The van der Waals surface area contributed by atoms with Gasteiger partial charge in [-0.15, -0.1) is 5.10 Å². The van der Waals surface area contributed by atoms with Crippen molar-refractivity contribution in [2.24, 2.45) is 0 Å². The lowest BCUT2D eigenvalue weighted by Gasteiger charge is -2.29. The van der Waals surface area contributed by atoms with Gasteiger partial charge in [0, 0.05) is 25.7 Å². The number of nitrogens with zero attached hydrogens (tertiary/aromatic N) is 6. The van der Waals surface area contributed by atoms with E-state index in [1.165, 1.54) is 24.8 Å². The fraction of sp³-hybridized carbons (Fsp3) is 0.565. The topological polar surface area (TPSA) is 94.5 Å². The highest BCUT2D eigenvalue weighted by atomic mass is 16.5. The maximum Gasteiger partial charge on any atom is 0.336 e. The van der Waals surface area contributed by atoms with Crippen LogP contribution in [-0.4, -0.2) is 43.8 Å². The van der Waals surface area contributed by atoms with Crippen molar-refractivity contribution in [3.8, 4) is 6.01 Å². The average molecular weight is 424 g/mol. The third-order valence-corrected chi connectivity index (χ3v) is 5.93. The number of imidazole rings is 1. The van der Waals surface area contributed by atoms with Crippen molar-refractivity contribution in [3.63, 3.8) is 0 Å². The summed E-state index contributed by atoms with van der Waals surface area (Å²) < 4.78 is 7.76. The van der Waals surface area contributed by atoms with Gasteiger partial charge >= 0.3 is 6.01 Å². The molecule has 1 aliphatic heterocycles. The summed E-state index contributed by atoms with van der Waals surface area (Å²) in [4.78, 5) is 15.9. The summed E-state index contributed by atoms with van der Waals surface area (Å²) in [5.74, 6) is 1.43. The molecule has 0 aromatic carbocycles. The minimum atomic E-state index is 0.0861. The van der Waals surface area contributed by atoms with E-state index in [9.17, 15) is 0 Å². The molecular formula is C23H33N7O. The number of rotatable bonds is 8. The molecule has 0 spiro atoms. The lowest BCUT2D eigenvalue weighted by molar-refractivity contribution is 0.167. The molecule has 4 rings (SSSR count). The number of aryl methyl sites for hydroxylation is 1. The molecule has 0 radical (unpaired) electrons. The molecule has 0 unspecified atom stereocenters. The highest BCUT2D eigenvalue weighted by Crippen LogP contribution is 2.24. The minimum Gasteiger partial charge on any atom is -0.459 e. The number of piperidine rings is 1. The van der Waals surface area contributed by atoms with Crippen LogP contribution < -0.4 is 15.4 Å². The Kier molecular flexibility index (Phi) is 6.53. The van der Waals surface area contributed by atoms with Gasteiger partial charge in [0.15, 0.2) is 11.5 Å². The first-order valence-electron chi connectivity index (χ1n) is 11.5. The average Bonchev–Trinajstić information content (AvgIpc) is 3.17. The molecule has 0 amide bonds. The molecule has 1 atom stereocenters. The summed E-state index contributed by atoms with van der Waals surface area (Å²) in [6, 6.07) is 2.52. The Labute approximate surface area is 183 Å². The van der Waals surface area contributed by atoms with Gasteiger partial charge in [-0.25, -0.2) is 14.5 Å². The molecule has 3 aromatic heterocycles. The number of nitrogens with two attached hydrogens (primary N) is 1. The second-order valence-corrected chi connectivity index (χ2v) is 8.41. The monoisotopic (exact) mass is 423 g/mol. The SMILES string of the molecule is CCC[C@H](CC)Oc1nc(N)c2ncc(Cc3cnc(N4CCCCC4)c(C)c3)n2n1. The van der Waals surface area contributed by atoms with Crippen LogP contribution in [0.15, 0.2) is 18.5 Å². The third-order valence-electron chi connectivity index (χ3n) is 5.93. The summed E-state index contributed by atoms with van der Waals surface area (Å²) in [5, 5.41) is 4.59. The Morgan fingerprint density at radius 1 is 1.13 bits per heavy atom. The molecular weight excluding hydrogens is 390 g/mol. The Balaban J connectivity index is 1.57. The van der Waals surface area contributed by atoms with Gasteiger partial charge in [-0.3, -0.25) is 0 Å². The molecule has 0 aliphatic carbocycles. The molecule has 166 valence electrons. The van der Waals surface area contributed by atoms with Crippen LogP contribution in [0.4, 0.5) is 11.6 Å². The Morgan fingerprint density at radius 2 is 1.94 bits per heavy atom. The molecule has 1 fully saturated rings. The molecule has 0 saturated carbocycles.